The van der Waals surface area contributed by atoms with Gasteiger partial charge >= 0.3 is 0 Å². The fourth-order valence-electron chi connectivity index (χ4n) is 1.06. The van der Waals surface area contributed by atoms with Crippen molar-refractivity contribution < 1.29 is 4.74 Å². The van der Waals surface area contributed by atoms with Crippen molar-refractivity contribution in [2.24, 2.45) is 0 Å². The van der Waals surface area contributed by atoms with Gasteiger partial charge in [0, 0.05) is 11.6 Å². The maximum atomic E-state index is 5.04. The molecular weight excluding hydrogens is 152 g/mol. The number of hydrogen-bond acceptors (Lipinski definition) is 3. The van der Waals surface area contributed by atoms with Crippen molar-refractivity contribution in [1.29, 1.82) is 0 Å². The predicted octanol–water partition coefficient (Wildman–Crippen LogP) is 1.64. The van der Waals surface area contributed by atoms with Crippen LogP contribution < -0.4 is 4.74 Å². The van der Waals surface area contributed by atoms with Crippen LogP contribution in [0.5, 0.6) is 5.75 Å². The smallest absolute Gasteiger partial charge is 0.137 e. The van der Waals surface area contributed by atoms with Gasteiger partial charge in [-0.15, -0.1) is 0 Å². The summed E-state index contributed by atoms with van der Waals surface area (Å²) >= 11 is 0. The Bertz CT molecular complexity index is 400. The quantitative estimate of drug-likeness (QED) is 0.636. The first kappa shape index (κ1) is 7.03. The number of fused-ring (bicyclic) bond motifs is 1. The van der Waals surface area contributed by atoms with E-state index in [9.17, 15) is 0 Å². The highest BCUT2D eigenvalue weighted by Crippen LogP contribution is 2.15. The Balaban J connectivity index is 2.67. The third kappa shape index (κ3) is 1.09. The average molecular weight is 160 g/mol. The molecule has 0 radical (unpaired) electrons. The minimum atomic E-state index is 0.772. The summed E-state index contributed by atoms with van der Waals surface area (Å²) in [5, 5.41) is 1.05. The third-order valence-corrected chi connectivity index (χ3v) is 1.70. The lowest BCUT2D eigenvalue weighted by Gasteiger charge is -1.99. The molecule has 2 aromatic heterocycles. The molecule has 0 saturated heterocycles. The van der Waals surface area contributed by atoms with E-state index in [0.29, 0.717) is 0 Å². The van der Waals surface area contributed by atoms with Crippen LogP contribution in [-0.4, -0.2) is 17.1 Å². The Morgan fingerprint density at radius 3 is 3.08 bits per heavy atom. The lowest BCUT2D eigenvalue weighted by molar-refractivity contribution is 0.414. The van der Waals surface area contributed by atoms with Gasteiger partial charge in [0.15, 0.2) is 0 Å². The highest BCUT2D eigenvalue weighted by atomic mass is 16.5. The molecule has 0 atom stereocenters. The van der Waals surface area contributed by atoms with E-state index in [4.69, 9.17) is 4.74 Å². The van der Waals surface area contributed by atoms with Crippen LogP contribution in [-0.2, 0) is 0 Å². The Labute approximate surface area is 70.0 Å². The second kappa shape index (κ2) is 2.77. The summed E-state index contributed by atoms with van der Waals surface area (Å²) in [6, 6.07) is 3.84. The molecule has 0 aliphatic heterocycles. The molecule has 2 rings (SSSR count). The van der Waals surface area contributed by atoms with Crippen LogP contribution in [0.3, 0.4) is 0 Å². The Morgan fingerprint density at radius 1 is 1.33 bits per heavy atom. The topological polar surface area (TPSA) is 35.0 Å². The molecule has 0 amide bonds. The van der Waals surface area contributed by atoms with Gasteiger partial charge in [0.25, 0.3) is 0 Å². The van der Waals surface area contributed by atoms with Gasteiger partial charge in [0.1, 0.15) is 5.75 Å². The van der Waals surface area contributed by atoms with E-state index in [2.05, 4.69) is 9.97 Å². The molecule has 0 fully saturated rings. The number of methoxy groups -OCH3 is 1. The fourth-order valence-corrected chi connectivity index (χ4v) is 1.06. The van der Waals surface area contributed by atoms with E-state index in [1.807, 2.05) is 12.1 Å². The molecule has 2 heterocycles. The molecule has 2 aromatic rings. The minimum Gasteiger partial charge on any atom is -0.495 e. The number of aromatic nitrogens is 2. The number of ether oxygens (including phenoxy) is 1. The van der Waals surface area contributed by atoms with Crippen LogP contribution >= 0.6 is 0 Å². The lowest BCUT2D eigenvalue weighted by atomic mass is 10.2. The van der Waals surface area contributed by atoms with Crippen molar-refractivity contribution in [3.63, 3.8) is 0 Å². The molecule has 0 saturated carbocycles. The summed E-state index contributed by atoms with van der Waals surface area (Å²) in [7, 11) is 1.63. The molecule has 0 bridgehead atoms. The molecule has 60 valence electrons. The summed E-state index contributed by atoms with van der Waals surface area (Å²) < 4.78 is 5.04. The molecule has 0 N–H and O–H groups in total. The summed E-state index contributed by atoms with van der Waals surface area (Å²) in [6.45, 7) is 0. The maximum absolute atomic E-state index is 5.04. The number of nitrogens with zero attached hydrogens (tertiary/aromatic N) is 2. The highest BCUT2D eigenvalue weighted by molar-refractivity contribution is 5.78. The van der Waals surface area contributed by atoms with Gasteiger partial charge in [-0.2, -0.15) is 0 Å². The average Bonchev–Trinajstić information content (AvgIpc) is 2.17. The molecule has 0 aliphatic rings. The summed E-state index contributed by atoms with van der Waals surface area (Å²) in [4.78, 5) is 8.13. The van der Waals surface area contributed by atoms with Gasteiger partial charge in [-0.1, -0.05) is 0 Å². The zero-order valence-corrected chi connectivity index (χ0v) is 6.69. The van der Waals surface area contributed by atoms with E-state index < -0.39 is 0 Å². The fraction of sp³-hybridized carbons (Fsp3) is 0.111. The maximum Gasteiger partial charge on any atom is 0.137 e. The number of pyridine rings is 2. The van der Waals surface area contributed by atoms with Crippen LogP contribution in [0.25, 0.3) is 10.9 Å². The van der Waals surface area contributed by atoms with Gasteiger partial charge in [-0.3, -0.25) is 9.97 Å². The van der Waals surface area contributed by atoms with Crippen molar-refractivity contribution in [3.05, 3.63) is 30.7 Å². The van der Waals surface area contributed by atoms with Crippen molar-refractivity contribution >= 4 is 10.9 Å². The van der Waals surface area contributed by atoms with Crippen LogP contribution in [0.1, 0.15) is 0 Å². The van der Waals surface area contributed by atoms with Gasteiger partial charge < -0.3 is 4.74 Å². The normalized spacial score (nSPS) is 10.1. The zero-order valence-electron chi connectivity index (χ0n) is 6.69. The minimum absolute atomic E-state index is 0.772. The zero-order chi connectivity index (χ0) is 8.39. The first-order valence-electron chi connectivity index (χ1n) is 3.64. The van der Waals surface area contributed by atoms with Crippen molar-refractivity contribution in [2.75, 3.05) is 7.11 Å². The molecule has 3 heteroatoms. The van der Waals surface area contributed by atoms with Crippen LogP contribution in [0.2, 0.25) is 0 Å². The third-order valence-electron chi connectivity index (χ3n) is 1.70. The van der Waals surface area contributed by atoms with Gasteiger partial charge in [0.05, 0.1) is 25.0 Å². The monoisotopic (exact) mass is 160 g/mol. The second-order valence-electron chi connectivity index (χ2n) is 2.44. The van der Waals surface area contributed by atoms with Crippen LogP contribution in [0.15, 0.2) is 30.7 Å². The second-order valence-corrected chi connectivity index (χ2v) is 2.44. The molecule has 3 nitrogen and oxygen atoms in total. The SMILES string of the molecule is COc1cnc2cnccc2c1. The van der Waals surface area contributed by atoms with E-state index in [1.165, 1.54) is 0 Å². The number of rotatable bonds is 1. The first-order chi connectivity index (χ1) is 5.90. The van der Waals surface area contributed by atoms with Crippen molar-refractivity contribution in [1.82, 2.24) is 9.97 Å². The van der Waals surface area contributed by atoms with Crippen LogP contribution in [0.4, 0.5) is 0 Å². The summed E-state index contributed by atoms with van der Waals surface area (Å²) in [5.41, 5.74) is 0.887. The molecule has 0 aromatic carbocycles. The molecular formula is C9H8N2O. The van der Waals surface area contributed by atoms with E-state index in [0.717, 1.165) is 16.7 Å². The van der Waals surface area contributed by atoms with Gasteiger partial charge in [-0.25, -0.2) is 0 Å². The van der Waals surface area contributed by atoms with Crippen molar-refractivity contribution in [2.45, 2.75) is 0 Å². The molecule has 0 aliphatic carbocycles. The first-order valence-corrected chi connectivity index (χ1v) is 3.64. The standard InChI is InChI=1S/C9H8N2O/c1-12-8-4-7-2-3-10-6-9(7)11-5-8/h2-6H,1H3. The Hall–Kier alpha value is -1.64. The van der Waals surface area contributed by atoms with Gasteiger partial charge in [-0.05, 0) is 12.1 Å². The van der Waals surface area contributed by atoms with E-state index in [1.54, 1.807) is 25.7 Å². The Kier molecular flexibility index (Phi) is 1.63. The van der Waals surface area contributed by atoms with Crippen LogP contribution in [0, 0.1) is 0 Å². The van der Waals surface area contributed by atoms with Gasteiger partial charge in [0.2, 0.25) is 0 Å². The molecule has 0 spiro atoms. The van der Waals surface area contributed by atoms with E-state index in [-0.39, 0.29) is 0 Å². The lowest BCUT2D eigenvalue weighted by Crippen LogP contribution is -1.85. The summed E-state index contributed by atoms with van der Waals surface area (Å²) in [5.74, 6) is 0.772. The predicted molar refractivity (Wildman–Crippen MR) is 46.1 cm³/mol. The van der Waals surface area contributed by atoms with E-state index >= 15 is 0 Å². The van der Waals surface area contributed by atoms with Crippen molar-refractivity contribution in [3.8, 4) is 5.75 Å². The summed E-state index contributed by atoms with van der Waals surface area (Å²) in [6.07, 6.45) is 5.16. The molecule has 0 unspecified atom stereocenters. The largest absolute Gasteiger partial charge is 0.495 e. The highest BCUT2D eigenvalue weighted by Gasteiger charge is 1.95. The molecule has 12 heavy (non-hydrogen) atoms. The Morgan fingerprint density at radius 2 is 2.25 bits per heavy atom. The number of hydrogen-bond donors (Lipinski definition) is 0.